The second-order valence-electron chi connectivity index (χ2n) is 8.47. The van der Waals surface area contributed by atoms with Crippen LogP contribution in [0.25, 0.3) is 0 Å². The van der Waals surface area contributed by atoms with Crippen molar-refractivity contribution in [2.75, 3.05) is 31.1 Å². The Morgan fingerprint density at radius 2 is 1.83 bits per heavy atom. The van der Waals surface area contributed by atoms with Crippen LogP contribution in [-0.4, -0.2) is 53.2 Å². The molecular formula is C24H32N4O2. The van der Waals surface area contributed by atoms with Crippen molar-refractivity contribution in [2.24, 2.45) is 0 Å². The molecule has 160 valence electrons. The van der Waals surface area contributed by atoms with E-state index in [0.29, 0.717) is 19.4 Å². The smallest absolute Gasteiger partial charge is 0.242 e. The van der Waals surface area contributed by atoms with Gasteiger partial charge in [-0.1, -0.05) is 30.3 Å². The Labute approximate surface area is 178 Å². The van der Waals surface area contributed by atoms with E-state index >= 15 is 0 Å². The minimum absolute atomic E-state index is 0.00905. The third-order valence-electron chi connectivity index (χ3n) is 6.12. The Morgan fingerprint density at radius 1 is 1.13 bits per heavy atom. The van der Waals surface area contributed by atoms with Crippen LogP contribution in [0.5, 0.6) is 0 Å². The fourth-order valence-electron chi connectivity index (χ4n) is 4.52. The highest BCUT2D eigenvalue weighted by atomic mass is 16.3. The molecule has 30 heavy (non-hydrogen) atoms. The van der Waals surface area contributed by atoms with Crippen LogP contribution in [0.1, 0.15) is 48.5 Å². The van der Waals surface area contributed by atoms with Crippen LogP contribution in [0.3, 0.4) is 0 Å². The summed E-state index contributed by atoms with van der Waals surface area (Å²) in [6, 6.07) is 13.8. The van der Waals surface area contributed by atoms with E-state index in [9.17, 15) is 9.90 Å². The van der Waals surface area contributed by atoms with E-state index in [1.165, 1.54) is 12.8 Å². The normalized spacial score (nSPS) is 19.1. The molecule has 2 N–H and O–H groups in total. The first-order valence-corrected chi connectivity index (χ1v) is 11.1. The first kappa shape index (κ1) is 20.8. The van der Waals surface area contributed by atoms with Crippen molar-refractivity contribution in [2.45, 2.75) is 51.3 Å². The molecule has 3 heterocycles. The summed E-state index contributed by atoms with van der Waals surface area (Å²) >= 11 is 0. The molecule has 0 aliphatic carbocycles. The molecule has 2 aliphatic rings. The molecule has 2 saturated heterocycles. The van der Waals surface area contributed by atoms with E-state index in [-0.39, 0.29) is 18.1 Å². The Morgan fingerprint density at radius 3 is 2.53 bits per heavy atom. The Balaban J connectivity index is 1.47. The van der Waals surface area contributed by atoms with Gasteiger partial charge in [0.25, 0.3) is 0 Å². The maximum Gasteiger partial charge on any atom is 0.242 e. The number of amides is 1. The zero-order chi connectivity index (χ0) is 20.9. The van der Waals surface area contributed by atoms with Crippen molar-refractivity contribution in [1.29, 1.82) is 0 Å². The van der Waals surface area contributed by atoms with Crippen LogP contribution < -0.4 is 10.2 Å². The molecule has 0 spiro atoms. The van der Waals surface area contributed by atoms with Crippen molar-refractivity contribution in [3.8, 4) is 0 Å². The average Bonchev–Trinajstić information content (AvgIpc) is 3.29. The molecule has 2 fully saturated rings. The molecule has 2 aromatic rings. The van der Waals surface area contributed by atoms with Gasteiger partial charge in [-0.3, -0.25) is 9.69 Å². The molecule has 0 saturated carbocycles. The van der Waals surface area contributed by atoms with Crippen LogP contribution in [0, 0.1) is 6.92 Å². The van der Waals surface area contributed by atoms with Gasteiger partial charge in [0, 0.05) is 38.4 Å². The predicted molar refractivity (Wildman–Crippen MR) is 118 cm³/mol. The third-order valence-corrected chi connectivity index (χ3v) is 6.12. The van der Waals surface area contributed by atoms with E-state index in [4.69, 9.17) is 0 Å². The van der Waals surface area contributed by atoms with Crippen LogP contribution in [-0.2, 0) is 11.3 Å². The van der Waals surface area contributed by atoms with Crippen LogP contribution in [0.15, 0.2) is 42.5 Å². The lowest BCUT2D eigenvalue weighted by molar-refractivity contribution is -0.127. The van der Waals surface area contributed by atoms with Crippen molar-refractivity contribution in [1.82, 2.24) is 15.2 Å². The summed E-state index contributed by atoms with van der Waals surface area (Å²) in [5.41, 5.74) is 3.06. The zero-order valence-electron chi connectivity index (χ0n) is 17.8. The number of nitrogens with one attached hydrogen (secondary N) is 1. The van der Waals surface area contributed by atoms with Crippen LogP contribution >= 0.6 is 0 Å². The fraction of sp³-hybridized carbons (Fsp3) is 0.500. The van der Waals surface area contributed by atoms with E-state index in [2.05, 4.69) is 32.2 Å². The van der Waals surface area contributed by atoms with Gasteiger partial charge in [-0.2, -0.15) is 0 Å². The number of likely N-dealkylation sites (tertiary alicyclic amines) is 1. The molecule has 0 radical (unpaired) electrons. The number of benzene rings is 1. The van der Waals surface area contributed by atoms with E-state index in [0.717, 1.165) is 48.8 Å². The van der Waals surface area contributed by atoms with Crippen molar-refractivity contribution in [3.05, 3.63) is 59.3 Å². The van der Waals surface area contributed by atoms with Crippen LogP contribution in [0.4, 0.5) is 5.82 Å². The topological polar surface area (TPSA) is 68.7 Å². The number of carbonyl (C=O) groups excluding carboxylic acids is 1. The zero-order valence-corrected chi connectivity index (χ0v) is 17.8. The average molecular weight is 409 g/mol. The van der Waals surface area contributed by atoms with E-state index < -0.39 is 0 Å². The van der Waals surface area contributed by atoms with Crippen molar-refractivity contribution >= 4 is 11.7 Å². The molecule has 1 aromatic heterocycles. The van der Waals surface area contributed by atoms with Gasteiger partial charge < -0.3 is 15.3 Å². The summed E-state index contributed by atoms with van der Waals surface area (Å²) in [7, 11) is 0. The molecule has 4 rings (SSSR count). The van der Waals surface area contributed by atoms with Crippen LogP contribution in [0.2, 0.25) is 0 Å². The number of aromatic nitrogens is 1. The van der Waals surface area contributed by atoms with Gasteiger partial charge in [0.2, 0.25) is 5.91 Å². The maximum absolute atomic E-state index is 13.3. The summed E-state index contributed by atoms with van der Waals surface area (Å²) in [6.45, 7) is 6.06. The molecule has 6 nitrogen and oxygen atoms in total. The highest BCUT2D eigenvalue weighted by Crippen LogP contribution is 2.25. The fourth-order valence-corrected chi connectivity index (χ4v) is 4.52. The highest BCUT2D eigenvalue weighted by molar-refractivity contribution is 5.83. The summed E-state index contributed by atoms with van der Waals surface area (Å²) in [6.07, 6.45) is 3.58. The molecule has 2 aliphatic heterocycles. The van der Waals surface area contributed by atoms with Crippen molar-refractivity contribution in [3.63, 3.8) is 0 Å². The largest absolute Gasteiger partial charge is 0.393 e. The lowest BCUT2D eigenvalue weighted by atomic mass is 9.99. The lowest BCUT2D eigenvalue weighted by Gasteiger charge is -2.35. The number of aryl methyl sites for hydroxylation is 1. The number of rotatable bonds is 6. The second kappa shape index (κ2) is 9.58. The van der Waals surface area contributed by atoms with Gasteiger partial charge in [0.15, 0.2) is 0 Å². The minimum atomic E-state index is -0.334. The van der Waals surface area contributed by atoms with Gasteiger partial charge in [-0.15, -0.1) is 0 Å². The number of hydrogen-bond acceptors (Lipinski definition) is 5. The third kappa shape index (κ3) is 4.99. The Hall–Kier alpha value is -2.44. The molecular weight excluding hydrogens is 376 g/mol. The van der Waals surface area contributed by atoms with E-state index in [1.807, 2.05) is 37.3 Å². The highest BCUT2D eigenvalue weighted by Gasteiger charge is 2.30. The first-order chi connectivity index (χ1) is 14.6. The number of aliphatic hydroxyl groups excluding tert-OH is 1. The molecule has 1 unspecified atom stereocenters. The molecule has 6 heteroatoms. The number of carbonyl (C=O) groups is 1. The monoisotopic (exact) mass is 408 g/mol. The van der Waals surface area contributed by atoms with Gasteiger partial charge in [-0.25, -0.2) is 4.98 Å². The molecule has 1 atom stereocenters. The second-order valence-corrected chi connectivity index (χ2v) is 8.47. The predicted octanol–water partition coefficient (Wildman–Crippen LogP) is 2.80. The van der Waals surface area contributed by atoms with Gasteiger partial charge in [0.05, 0.1) is 6.10 Å². The first-order valence-electron chi connectivity index (χ1n) is 11.1. The number of hydrogen-bond donors (Lipinski definition) is 2. The minimum Gasteiger partial charge on any atom is -0.393 e. The van der Waals surface area contributed by atoms with Gasteiger partial charge >= 0.3 is 0 Å². The summed E-state index contributed by atoms with van der Waals surface area (Å²) in [5, 5.41) is 13.0. The molecule has 0 bridgehead atoms. The quantitative estimate of drug-likeness (QED) is 0.769. The molecule has 1 aromatic carbocycles. The maximum atomic E-state index is 13.3. The number of pyridine rings is 1. The SMILES string of the molecule is Cc1cc(CNC(=O)C(c2ccccc2)N2CCC(O)CC2)cc(N2CCCC2)n1. The Kier molecular flexibility index (Phi) is 6.65. The number of anilines is 1. The van der Waals surface area contributed by atoms with Gasteiger partial charge in [-0.05, 0) is 55.9 Å². The molecule has 1 amide bonds. The summed E-state index contributed by atoms with van der Waals surface area (Å²) in [4.78, 5) is 22.5. The van der Waals surface area contributed by atoms with Gasteiger partial charge in [0.1, 0.15) is 11.9 Å². The summed E-state index contributed by atoms with van der Waals surface area (Å²) in [5.74, 6) is 1.02. The lowest BCUT2D eigenvalue weighted by Crippen LogP contribution is -2.45. The number of nitrogens with zero attached hydrogens (tertiary/aromatic N) is 3. The summed E-state index contributed by atoms with van der Waals surface area (Å²) < 4.78 is 0. The van der Waals surface area contributed by atoms with E-state index in [1.54, 1.807) is 0 Å². The standard InChI is InChI=1S/C24H32N4O2/c1-18-15-19(16-22(26-18)27-11-5-6-12-27)17-25-24(30)23(20-7-3-2-4-8-20)28-13-9-21(29)10-14-28/h2-4,7-8,15-16,21,23,29H,5-6,9-14,17H2,1H3,(H,25,30). The van der Waals surface area contributed by atoms with Crippen molar-refractivity contribution < 1.29 is 9.90 Å². The number of piperidine rings is 1. The number of aliphatic hydroxyl groups is 1. The Bertz CT molecular complexity index is 844.